The number of nitrogens with zero attached hydrogens (tertiary/aromatic N) is 1. The molecule has 1 aliphatic heterocycles. The summed E-state index contributed by atoms with van der Waals surface area (Å²) in [5.41, 5.74) is 1.62. The molecule has 136 valence electrons. The van der Waals surface area contributed by atoms with Crippen molar-refractivity contribution in [1.82, 2.24) is 5.32 Å². The average Bonchev–Trinajstić information content (AvgIpc) is 3.23. The Morgan fingerprint density at radius 3 is 2.63 bits per heavy atom. The molecule has 27 heavy (non-hydrogen) atoms. The van der Waals surface area contributed by atoms with Crippen molar-refractivity contribution < 1.29 is 14.3 Å². The van der Waals surface area contributed by atoms with E-state index in [1.807, 2.05) is 60.0 Å². The molecular formula is C21H18N2O3S. The number of amides is 2. The minimum atomic E-state index is -0.245. The zero-order valence-corrected chi connectivity index (χ0v) is 15.3. The number of rotatable bonds is 5. The molecule has 5 nitrogen and oxygen atoms in total. The first-order chi connectivity index (χ1) is 13.2. The molecule has 2 heterocycles. The lowest BCUT2D eigenvalue weighted by Gasteiger charge is -2.29. The molecule has 1 N–H and O–H groups in total. The SMILES string of the molecule is O=C(CN1C(=O)COc2ccccc21)NC(c1ccccc1)c1cccs1. The van der Waals surface area contributed by atoms with Gasteiger partial charge < -0.3 is 10.1 Å². The minimum absolute atomic E-state index is 0.0477. The number of hydrogen-bond acceptors (Lipinski definition) is 4. The van der Waals surface area contributed by atoms with E-state index in [2.05, 4.69) is 5.32 Å². The van der Waals surface area contributed by atoms with Crippen LogP contribution >= 0.6 is 11.3 Å². The Kier molecular flexibility index (Phi) is 4.89. The van der Waals surface area contributed by atoms with Crippen LogP contribution < -0.4 is 15.0 Å². The average molecular weight is 378 g/mol. The molecule has 0 saturated carbocycles. The lowest BCUT2D eigenvalue weighted by atomic mass is 10.1. The van der Waals surface area contributed by atoms with Gasteiger partial charge in [-0.3, -0.25) is 14.5 Å². The van der Waals surface area contributed by atoms with E-state index in [1.165, 1.54) is 4.90 Å². The highest BCUT2D eigenvalue weighted by atomic mass is 32.1. The van der Waals surface area contributed by atoms with Crippen LogP contribution in [-0.4, -0.2) is 25.0 Å². The van der Waals surface area contributed by atoms with Crippen LogP contribution in [0.2, 0.25) is 0 Å². The smallest absolute Gasteiger partial charge is 0.265 e. The van der Waals surface area contributed by atoms with Crippen molar-refractivity contribution in [3.05, 3.63) is 82.6 Å². The van der Waals surface area contributed by atoms with Crippen molar-refractivity contribution in [1.29, 1.82) is 0 Å². The fraction of sp³-hybridized carbons (Fsp3) is 0.143. The molecule has 0 bridgehead atoms. The Morgan fingerprint density at radius 2 is 1.85 bits per heavy atom. The fourth-order valence-electron chi connectivity index (χ4n) is 3.10. The van der Waals surface area contributed by atoms with Gasteiger partial charge in [-0.1, -0.05) is 48.5 Å². The monoisotopic (exact) mass is 378 g/mol. The van der Waals surface area contributed by atoms with E-state index < -0.39 is 0 Å². The number of para-hydroxylation sites is 2. The van der Waals surface area contributed by atoms with Gasteiger partial charge >= 0.3 is 0 Å². The molecule has 0 spiro atoms. The van der Waals surface area contributed by atoms with E-state index in [1.54, 1.807) is 23.5 Å². The summed E-state index contributed by atoms with van der Waals surface area (Å²) in [5.74, 6) is 0.168. The van der Waals surface area contributed by atoms with E-state index in [0.29, 0.717) is 11.4 Å². The predicted octanol–water partition coefficient (Wildman–Crippen LogP) is 3.38. The summed E-state index contributed by atoms with van der Waals surface area (Å²) >= 11 is 1.59. The molecule has 2 amide bonds. The van der Waals surface area contributed by atoms with Crippen molar-refractivity contribution in [2.45, 2.75) is 6.04 Å². The highest BCUT2D eigenvalue weighted by molar-refractivity contribution is 7.10. The third-order valence-electron chi connectivity index (χ3n) is 4.38. The van der Waals surface area contributed by atoms with Crippen LogP contribution in [0, 0.1) is 0 Å². The first kappa shape index (κ1) is 17.3. The van der Waals surface area contributed by atoms with Gasteiger partial charge in [0, 0.05) is 4.88 Å². The summed E-state index contributed by atoms with van der Waals surface area (Å²) in [5, 5.41) is 5.06. The molecule has 1 aromatic heterocycles. The van der Waals surface area contributed by atoms with E-state index in [-0.39, 0.29) is 31.0 Å². The van der Waals surface area contributed by atoms with Gasteiger partial charge in [0.1, 0.15) is 12.3 Å². The molecule has 0 radical (unpaired) electrons. The Hall–Kier alpha value is -3.12. The van der Waals surface area contributed by atoms with Crippen LogP contribution in [0.1, 0.15) is 16.5 Å². The summed E-state index contributed by atoms with van der Waals surface area (Å²) in [6.45, 7) is -0.106. The van der Waals surface area contributed by atoms with Gasteiger partial charge in [0.2, 0.25) is 5.91 Å². The predicted molar refractivity (Wildman–Crippen MR) is 105 cm³/mol. The maximum Gasteiger partial charge on any atom is 0.265 e. The number of hydrogen-bond donors (Lipinski definition) is 1. The molecule has 3 aromatic rings. The number of thiophene rings is 1. The number of benzene rings is 2. The molecule has 6 heteroatoms. The Labute approximate surface area is 161 Å². The van der Waals surface area contributed by atoms with Crippen molar-refractivity contribution in [2.75, 3.05) is 18.1 Å². The standard InChI is InChI=1S/C21H18N2O3S/c24-19(13-23-16-9-4-5-10-17(16)26-14-20(23)25)22-21(18-11-6-12-27-18)15-7-2-1-3-8-15/h1-12,21H,13-14H2,(H,22,24). The van der Waals surface area contributed by atoms with Crippen LogP contribution in [0.4, 0.5) is 5.69 Å². The number of carbonyl (C=O) groups is 2. The topological polar surface area (TPSA) is 58.6 Å². The number of ether oxygens (including phenoxy) is 1. The summed E-state index contributed by atoms with van der Waals surface area (Å²) in [6.07, 6.45) is 0. The second kappa shape index (κ2) is 7.63. The van der Waals surface area contributed by atoms with E-state index in [9.17, 15) is 9.59 Å². The molecule has 2 aromatic carbocycles. The first-order valence-corrected chi connectivity index (χ1v) is 9.50. The Morgan fingerprint density at radius 1 is 1.07 bits per heavy atom. The summed E-state index contributed by atoms with van der Waals surface area (Å²) in [4.78, 5) is 27.6. The van der Waals surface area contributed by atoms with Gasteiger partial charge in [-0.15, -0.1) is 11.3 Å². The van der Waals surface area contributed by atoms with Crippen LogP contribution in [0.25, 0.3) is 0 Å². The van der Waals surface area contributed by atoms with Crippen molar-refractivity contribution in [3.8, 4) is 5.75 Å². The van der Waals surface area contributed by atoms with Crippen molar-refractivity contribution >= 4 is 28.8 Å². The highest BCUT2D eigenvalue weighted by Crippen LogP contribution is 2.31. The van der Waals surface area contributed by atoms with Crippen LogP contribution in [0.3, 0.4) is 0 Å². The van der Waals surface area contributed by atoms with Crippen LogP contribution in [0.15, 0.2) is 72.1 Å². The molecule has 0 aliphatic carbocycles. The zero-order valence-electron chi connectivity index (χ0n) is 14.5. The van der Waals surface area contributed by atoms with E-state index in [4.69, 9.17) is 4.74 Å². The van der Waals surface area contributed by atoms with Gasteiger partial charge in [0.25, 0.3) is 5.91 Å². The minimum Gasteiger partial charge on any atom is -0.482 e. The van der Waals surface area contributed by atoms with Crippen LogP contribution in [-0.2, 0) is 9.59 Å². The van der Waals surface area contributed by atoms with Gasteiger partial charge in [0.15, 0.2) is 6.61 Å². The van der Waals surface area contributed by atoms with Crippen molar-refractivity contribution in [3.63, 3.8) is 0 Å². The fourth-order valence-corrected chi connectivity index (χ4v) is 3.90. The lowest BCUT2D eigenvalue weighted by Crippen LogP contribution is -2.45. The normalized spacial score (nSPS) is 14.2. The molecular weight excluding hydrogens is 360 g/mol. The summed E-state index contributed by atoms with van der Waals surface area (Å²) in [7, 11) is 0. The van der Waals surface area contributed by atoms with Gasteiger partial charge in [-0.05, 0) is 29.1 Å². The molecule has 1 atom stereocenters. The van der Waals surface area contributed by atoms with Crippen LogP contribution in [0.5, 0.6) is 5.75 Å². The maximum atomic E-state index is 12.8. The third-order valence-corrected chi connectivity index (χ3v) is 5.31. The second-order valence-electron chi connectivity index (χ2n) is 6.16. The van der Waals surface area contributed by atoms with Gasteiger partial charge in [-0.25, -0.2) is 0 Å². The lowest BCUT2D eigenvalue weighted by molar-refractivity contribution is -0.125. The van der Waals surface area contributed by atoms with Crippen molar-refractivity contribution in [2.24, 2.45) is 0 Å². The molecule has 0 saturated heterocycles. The first-order valence-electron chi connectivity index (χ1n) is 8.62. The second-order valence-corrected chi connectivity index (χ2v) is 7.14. The van der Waals surface area contributed by atoms with E-state index >= 15 is 0 Å². The Balaban J connectivity index is 1.55. The van der Waals surface area contributed by atoms with Gasteiger partial charge in [-0.2, -0.15) is 0 Å². The number of fused-ring (bicyclic) bond motifs is 1. The number of nitrogens with one attached hydrogen (secondary N) is 1. The number of anilines is 1. The molecule has 0 fully saturated rings. The number of carbonyl (C=O) groups excluding carboxylic acids is 2. The highest BCUT2D eigenvalue weighted by Gasteiger charge is 2.28. The molecule has 4 rings (SSSR count). The Bertz CT molecular complexity index is 941. The molecule has 1 unspecified atom stereocenters. The van der Waals surface area contributed by atoms with Gasteiger partial charge in [0.05, 0.1) is 11.7 Å². The zero-order chi connectivity index (χ0) is 18.6. The summed E-state index contributed by atoms with van der Waals surface area (Å²) in [6, 6.07) is 20.8. The summed E-state index contributed by atoms with van der Waals surface area (Å²) < 4.78 is 5.44. The maximum absolute atomic E-state index is 12.8. The van der Waals surface area contributed by atoms with E-state index in [0.717, 1.165) is 10.4 Å². The largest absolute Gasteiger partial charge is 0.482 e. The molecule has 1 aliphatic rings. The third kappa shape index (κ3) is 3.71. The quantitative estimate of drug-likeness (QED) is 0.740.